The van der Waals surface area contributed by atoms with Crippen LogP contribution < -0.4 is 10.1 Å². The molecule has 3 aromatic heterocycles. The summed E-state index contributed by atoms with van der Waals surface area (Å²) in [4.78, 5) is 30.4. The van der Waals surface area contributed by atoms with Crippen molar-refractivity contribution >= 4 is 33.3 Å². The van der Waals surface area contributed by atoms with E-state index in [1.165, 1.54) is 22.6 Å². The van der Waals surface area contributed by atoms with Crippen molar-refractivity contribution in [3.05, 3.63) is 40.7 Å². The highest BCUT2D eigenvalue weighted by molar-refractivity contribution is 7.20. The second-order valence-corrected chi connectivity index (χ2v) is 9.71. The fourth-order valence-electron chi connectivity index (χ4n) is 4.31. The average Bonchev–Trinajstić information content (AvgIpc) is 3.40. The largest absolute Gasteiger partial charge is 0.481 e. The van der Waals surface area contributed by atoms with Crippen molar-refractivity contribution in [2.75, 3.05) is 45.7 Å². The SMILES string of the molecule is COc1cc(CN(C)C(=O)c2sc3ncnc(NCC4CCN(CC(F)(F)F)C4)c3c2C)ccn1. The van der Waals surface area contributed by atoms with Crippen molar-refractivity contribution in [2.24, 2.45) is 5.92 Å². The molecule has 1 N–H and O–H groups in total. The number of pyridine rings is 1. The Bertz CT molecular complexity index is 1200. The molecular formula is C23H27F3N6O2S. The number of amides is 1. The van der Waals surface area contributed by atoms with E-state index in [4.69, 9.17) is 4.74 Å². The second-order valence-electron chi connectivity index (χ2n) is 8.71. The molecule has 4 heterocycles. The molecule has 12 heteroatoms. The first-order chi connectivity index (χ1) is 16.6. The topological polar surface area (TPSA) is 83.5 Å². The Labute approximate surface area is 205 Å². The summed E-state index contributed by atoms with van der Waals surface area (Å²) in [7, 11) is 3.27. The number of likely N-dealkylation sites (tertiary alicyclic amines) is 1. The van der Waals surface area contributed by atoms with Crippen LogP contribution in [0.3, 0.4) is 0 Å². The Morgan fingerprint density at radius 2 is 2.14 bits per heavy atom. The number of carbonyl (C=O) groups is 1. The predicted molar refractivity (Wildman–Crippen MR) is 128 cm³/mol. The van der Waals surface area contributed by atoms with Crippen LogP contribution in [0, 0.1) is 12.8 Å². The van der Waals surface area contributed by atoms with Gasteiger partial charge in [0.2, 0.25) is 5.88 Å². The van der Waals surface area contributed by atoms with Crippen molar-refractivity contribution in [2.45, 2.75) is 26.1 Å². The lowest BCUT2D eigenvalue weighted by molar-refractivity contribution is -0.143. The number of nitrogens with zero attached hydrogens (tertiary/aromatic N) is 5. The van der Waals surface area contributed by atoms with Gasteiger partial charge < -0.3 is 15.0 Å². The van der Waals surface area contributed by atoms with Gasteiger partial charge in [-0.15, -0.1) is 11.3 Å². The zero-order chi connectivity index (χ0) is 25.2. The molecule has 1 aliphatic heterocycles. The predicted octanol–water partition coefficient (Wildman–Crippen LogP) is 3.97. The average molecular weight is 509 g/mol. The van der Waals surface area contributed by atoms with Crippen LogP contribution in [0.2, 0.25) is 0 Å². The number of aromatic nitrogens is 3. The number of aryl methyl sites for hydroxylation is 1. The minimum absolute atomic E-state index is 0.0888. The number of hydrogen-bond acceptors (Lipinski definition) is 8. The molecule has 1 unspecified atom stereocenters. The summed E-state index contributed by atoms with van der Waals surface area (Å²) in [5.74, 6) is 1.03. The van der Waals surface area contributed by atoms with E-state index < -0.39 is 12.7 Å². The van der Waals surface area contributed by atoms with Crippen molar-refractivity contribution in [1.29, 1.82) is 0 Å². The van der Waals surface area contributed by atoms with E-state index in [0.29, 0.717) is 54.0 Å². The first-order valence-electron chi connectivity index (χ1n) is 11.2. The maximum Gasteiger partial charge on any atom is 0.401 e. The van der Waals surface area contributed by atoms with E-state index in [1.54, 1.807) is 31.3 Å². The molecule has 35 heavy (non-hydrogen) atoms. The quantitative estimate of drug-likeness (QED) is 0.493. The van der Waals surface area contributed by atoms with Crippen molar-refractivity contribution in [3.8, 4) is 5.88 Å². The van der Waals surface area contributed by atoms with E-state index >= 15 is 0 Å². The highest BCUT2D eigenvalue weighted by atomic mass is 32.1. The summed E-state index contributed by atoms with van der Waals surface area (Å²) < 4.78 is 43.2. The van der Waals surface area contributed by atoms with E-state index in [2.05, 4.69) is 20.3 Å². The zero-order valence-corrected chi connectivity index (χ0v) is 20.5. The molecule has 1 aliphatic rings. The number of anilines is 1. The Balaban J connectivity index is 1.46. The van der Waals surface area contributed by atoms with E-state index in [-0.39, 0.29) is 11.8 Å². The molecular weight excluding hydrogens is 481 g/mol. The van der Waals surface area contributed by atoms with Crippen LogP contribution in [-0.2, 0) is 6.54 Å². The third-order valence-electron chi connectivity index (χ3n) is 6.03. The fraction of sp³-hybridized carbons (Fsp3) is 0.478. The lowest BCUT2D eigenvalue weighted by Gasteiger charge is -2.18. The summed E-state index contributed by atoms with van der Waals surface area (Å²) in [6.45, 7) is 2.69. The molecule has 8 nitrogen and oxygen atoms in total. The summed E-state index contributed by atoms with van der Waals surface area (Å²) >= 11 is 1.30. The molecule has 1 fully saturated rings. The van der Waals surface area contributed by atoms with Gasteiger partial charge in [-0.3, -0.25) is 9.69 Å². The first kappa shape index (κ1) is 25.1. The van der Waals surface area contributed by atoms with E-state index in [0.717, 1.165) is 16.5 Å². The number of nitrogens with one attached hydrogen (secondary N) is 1. The highest BCUT2D eigenvalue weighted by Gasteiger charge is 2.34. The third-order valence-corrected chi connectivity index (χ3v) is 7.21. The monoisotopic (exact) mass is 508 g/mol. The van der Waals surface area contributed by atoms with Gasteiger partial charge in [-0.05, 0) is 43.0 Å². The Morgan fingerprint density at radius 1 is 1.34 bits per heavy atom. The van der Waals surface area contributed by atoms with Gasteiger partial charge >= 0.3 is 6.18 Å². The van der Waals surface area contributed by atoms with Crippen molar-refractivity contribution in [3.63, 3.8) is 0 Å². The van der Waals surface area contributed by atoms with Crippen LogP contribution in [0.25, 0.3) is 10.2 Å². The number of rotatable bonds is 8. The van der Waals surface area contributed by atoms with Crippen LogP contribution >= 0.6 is 11.3 Å². The van der Waals surface area contributed by atoms with Gasteiger partial charge in [0, 0.05) is 38.9 Å². The van der Waals surface area contributed by atoms with E-state index in [1.807, 2.05) is 13.0 Å². The van der Waals surface area contributed by atoms with Crippen LogP contribution in [0.15, 0.2) is 24.7 Å². The molecule has 0 spiro atoms. The van der Waals surface area contributed by atoms with Gasteiger partial charge in [0.15, 0.2) is 0 Å². The lowest BCUT2D eigenvalue weighted by Crippen LogP contribution is -2.33. The molecule has 0 bridgehead atoms. The fourth-order valence-corrected chi connectivity index (χ4v) is 5.45. The van der Waals surface area contributed by atoms with E-state index in [9.17, 15) is 18.0 Å². The van der Waals surface area contributed by atoms with Gasteiger partial charge in [0.25, 0.3) is 5.91 Å². The first-order valence-corrected chi connectivity index (χ1v) is 12.0. The molecule has 0 radical (unpaired) electrons. The van der Waals surface area contributed by atoms with Crippen LogP contribution in [0.1, 0.15) is 27.2 Å². The van der Waals surface area contributed by atoms with Gasteiger partial charge in [-0.2, -0.15) is 13.2 Å². The minimum atomic E-state index is -4.19. The molecule has 0 saturated carbocycles. The summed E-state index contributed by atoms with van der Waals surface area (Å²) in [6.07, 6.45) is -0.424. The molecule has 1 amide bonds. The molecule has 3 aromatic rings. The summed E-state index contributed by atoms with van der Waals surface area (Å²) in [5.41, 5.74) is 1.67. The number of methoxy groups -OCH3 is 1. The van der Waals surface area contributed by atoms with Gasteiger partial charge in [-0.25, -0.2) is 15.0 Å². The highest BCUT2D eigenvalue weighted by Crippen LogP contribution is 2.34. The zero-order valence-electron chi connectivity index (χ0n) is 19.7. The second kappa shape index (κ2) is 10.3. The summed E-state index contributed by atoms with van der Waals surface area (Å²) in [5, 5.41) is 4.06. The maximum absolute atomic E-state index is 13.2. The Hall–Kier alpha value is -2.99. The Kier molecular flexibility index (Phi) is 7.41. The third kappa shape index (κ3) is 5.99. The minimum Gasteiger partial charge on any atom is -0.481 e. The molecule has 1 saturated heterocycles. The molecule has 188 valence electrons. The van der Waals surface area contributed by atoms with Crippen LogP contribution in [0.5, 0.6) is 5.88 Å². The number of carbonyl (C=O) groups excluding carboxylic acids is 1. The van der Waals surface area contributed by atoms with Gasteiger partial charge in [0.1, 0.15) is 17.0 Å². The van der Waals surface area contributed by atoms with Crippen LogP contribution in [0.4, 0.5) is 19.0 Å². The number of alkyl halides is 3. The number of halogens is 3. The number of hydrogen-bond donors (Lipinski definition) is 1. The number of thiophene rings is 1. The van der Waals surface area contributed by atoms with Crippen molar-refractivity contribution < 1.29 is 22.7 Å². The van der Waals surface area contributed by atoms with Gasteiger partial charge in [0.05, 0.1) is 23.9 Å². The lowest BCUT2D eigenvalue weighted by atomic mass is 10.1. The normalized spacial score (nSPS) is 16.6. The summed E-state index contributed by atoms with van der Waals surface area (Å²) in [6, 6.07) is 3.62. The van der Waals surface area contributed by atoms with Crippen LogP contribution in [-0.4, -0.2) is 77.2 Å². The molecule has 4 rings (SSSR count). The van der Waals surface area contributed by atoms with Gasteiger partial charge in [-0.1, -0.05) is 0 Å². The number of ether oxygens (including phenoxy) is 1. The van der Waals surface area contributed by atoms with Crippen molar-refractivity contribution in [1.82, 2.24) is 24.8 Å². The maximum atomic E-state index is 13.2. The Morgan fingerprint density at radius 3 is 2.89 bits per heavy atom. The number of fused-ring (bicyclic) bond motifs is 1. The molecule has 0 aromatic carbocycles. The molecule has 1 atom stereocenters. The smallest absolute Gasteiger partial charge is 0.401 e. The molecule has 0 aliphatic carbocycles. The standard InChI is InChI=1S/C23H27F3N6O2S/c1-14-18-20(28-9-16-5-7-32(11-16)12-23(24,25)26)29-13-30-21(18)35-19(14)22(33)31(2)10-15-4-6-27-17(8-15)34-3/h4,6,8,13,16H,5,7,9-12H2,1-3H3,(H,28,29,30).